The summed E-state index contributed by atoms with van der Waals surface area (Å²) in [6, 6.07) is 6.26. The zero-order valence-corrected chi connectivity index (χ0v) is 10.4. The third-order valence-electron chi connectivity index (χ3n) is 2.99. The summed E-state index contributed by atoms with van der Waals surface area (Å²) in [5.41, 5.74) is 1.10. The van der Waals surface area contributed by atoms with Crippen LogP contribution < -0.4 is 10.1 Å². The Balaban J connectivity index is 1.88. The summed E-state index contributed by atoms with van der Waals surface area (Å²) in [6.07, 6.45) is 3.81. The van der Waals surface area contributed by atoms with Crippen LogP contribution in [0.2, 0.25) is 5.02 Å². The van der Waals surface area contributed by atoms with Gasteiger partial charge in [-0.3, -0.25) is 0 Å². The van der Waals surface area contributed by atoms with Crippen molar-refractivity contribution in [3.05, 3.63) is 28.8 Å². The standard InChI is InChI=1S/C13H18ClNO/c1-10-8-11(14)5-6-13(10)16-9-12-4-2-3-7-15-12/h5-6,8,12,15H,2-4,7,9H2,1H3. The summed E-state index contributed by atoms with van der Waals surface area (Å²) in [7, 11) is 0. The van der Waals surface area contributed by atoms with E-state index in [1.165, 1.54) is 19.3 Å². The molecular weight excluding hydrogens is 222 g/mol. The second kappa shape index (κ2) is 5.55. The fraction of sp³-hybridized carbons (Fsp3) is 0.538. The summed E-state index contributed by atoms with van der Waals surface area (Å²) < 4.78 is 5.81. The van der Waals surface area contributed by atoms with E-state index >= 15 is 0 Å². The second-order valence-corrected chi connectivity index (χ2v) is 4.80. The number of nitrogens with one attached hydrogen (secondary N) is 1. The molecule has 2 rings (SSSR count). The van der Waals surface area contributed by atoms with E-state index < -0.39 is 0 Å². The number of ether oxygens (including phenoxy) is 1. The van der Waals surface area contributed by atoms with Crippen LogP contribution in [-0.2, 0) is 0 Å². The normalized spacial score (nSPS) is 20.8. The molecule has 0 aliphatic carbocycles. The van der Waals surface area contributed by atoms with Gasteiger partial charge >= 0.3 is 0 Å². The molecule has 1 saturated heterocycles. The lowest BCUT2D eigenvalue weighted by Crippen LogP contribution is -2.38. The van der Waals surface area contributed by atoms with E-state index in [4.69, 9.17) is 16.3 Å². The summed E-state index contributed by atoms with van der Waals surface area (Å²) in [5.74, 6) is 0.941. The largest absolute Gasteiger partial charge is 0.492 e. The minimum Gasteiger partial charge on any atom is -0.492 e. The molecule has 0 radical (unpaired) electrons. The molecule has 16 heavy (non-hydrogen) atoms. The Kier molecular flexibility index (Phi) is 4.08. The van der Waals surface area contributed by atoms with Crippen molar-refractivity contribution in [1.29, 1.82) is 0 Å². The average Bonchev–Trinajstić information content (AvgIpc) is 2.29. The van der Waals surface area contributed by atoms with Crippen LogP contribution in [0.3, 0.4) is 0 Å². The number of piperidine rings is 1. The first-order valence-electron chi connectivity index (χ1n) is 5.88. The maximum Gasteiger partial charge on any atom is 0.122 e. The van der Waals surface area contributed by atoms with Crippen LogP contribution in [0.1, 0.15) is 24.8 Å². The van der Waals surface area contributed by atoms with Crippen molar-refractivity contribution in [2.75, 3.05) is 13.2 Å². The van der Waals surface area contributed by atoms with Gasteiger partial charge in [-0.1, -0.05) is 18.0 Å². The molecule has 1 aromatic carbocycles. The van der Waals surface area contributed by atoms with E-state index in [2.05, 4.69) is 5.32 Å². The molecule has 88 valence electrons. The molecule has 1 aliphatic rings. The zero-order valence-electron chi connectivity index (χ0n) is 9.63. The van der Waals surface area contributed by atoms with Crippen molar-refractivity contribution in [2.45, 2.75) is 32.2 Å². The number of hydrogen-bond acceptors (Lipinski definition) is 2. The summed E-state index contributed by atoms with van der Waals surface area (Å²) in [4.78, 5) is 0. The Morgan fingerprint density at radius 3 is 3.00 bits per heavy atom. The molecule has 0 aromatic heterocycles. The molecule has 3 heteroatoms. The Labute approximate surface area is 102 Å². The molecule has 2 nitrogen and oxygen atoms in total. The first-order chi connectivity index (χ1) is 7.75. The zero-order chi connectivity index (χ0) is 11.4. The van der Waals surface area contributed by atoms with E-state index in [1.807, 2.05) is 25.1 Å². The van der Waals surface area contributed by atoms with Crippen molar-refractivity contribution in [2.24, 2.45) is 0 Å². The first kappa shape index (κ1) is 11.7. The van der Waals surface area contributed by atoms with Crippen LogP contribution in [-0.4, -0.2) is 19.2 Å². The topological polar surface area (TPSA) is 21.3 Å². The summed E-state index contributed by atoms with van der Waals surface area (Å²) in [6.45, 7) is 3.89. The van der Waals surface area contributed by atoms with Crippen molar-refractivity contribution < 1.29 is 4.74 Å². The van der Waals surface area contributed by atoms with Gasteiger partial charge in [-0.05, 0) is 50.1 Å². The summed E-state index contributed by atoms with van der Waals surface area (Å²) >= 11 is 5.90. The molecule has 1 unspecified atom stereocenters. The number of halogens is 1. The van der Waals surface area contributed by atoms with Gasteiger partial charge in [0.1, 0.15) is 12.4 Å². The van der Waals surface area contributed by atoms with Crippen LogP contribution in [0.4, 0.5) is 0 Å². The maximum atomic E-state index is 5.90. The highest BCUT2D eigenvalue weighted by molar-refractivity contribution is 6.30. The van der Waals surface area contributed by atoms with Crippen LogP contribution in [0, 0.1) is 6.92 Å². The lowest BCUT2D eigenvalue weighted by molar-refractivity contribution is 0.238. The van der Waals surface area contributed by atoms with Crippen molar-refractivity contribution in [1.82, 2.24) is 5.32 Å². The predicted octanol–water partition coefficient (Wildman–Crippen LogP) is 3.17. The maximum absolute atomic E-state index is 5.90. The highest BCUT2D eigenvalue weighted by Crippen LogP contribution is 2.22. The fourth-order valence-electron chi connectivity index (χ4n) is 2.03. The minimum atomic E-state index is 0.504. The van der Waals surface area contributed by atoms with Gasteiger partial charge in [0.25, 0.3) is 0 Å². The highest BCUT2D eigenvalue weighted by Gasteiger charge is 2.13. The SMILES string of the molecule is Cc1cc(Cl)ccc1OCC1CCCCN1. The van der Waals surface area contributed by atoms with Crippen LogP contribution >= 0.6 is 11.6 Å². The highest BCUT2D eigenvalue weighted by atomic mass is 35.5. The van der Waals surface area contributed by atoms with E-state index in [9.17, 15) is 0 Å². The predicted molar refractivity (Wildman–Crippen MR) is 67.3 cm³/mol. The van der Waals surface area contributed by atoms with Gasteiger partial charge in [-0.15, -0.1) is 0 Å². The molecule has 1 heterocycles. The smallest absolute Gasteiger partial charge is 0.122 e. The average molecular weight is 240 g/mol. The van der Waals surface area contributed by atoms with Gasteiger partial charge in [0.15, 0.2) is 0 Å². The molecule has 1 aromatic rings. The van der Waals surface area contributed by atoms with Crippen LogP contribution in [0.15, 0.2) is 18.2 Å². The molecule has 0 bridgehead atoms. The van der Waals surface area contributed by atoms with Gasteiger partial charge < -0.3 is 10.1 Å². The van der Waals surface area contributed by atoms with E-state index in [1.54, 1.807) is 0 Å². The van der Waals surface area contributed by atoms with Crippen molar-refractivity contribution >= 4 is 11.6 Å². The van der Waals surface area contributed by atoms with Gasteiger partial charge in [-0.25, -0.2) is 0 Å². The lowest BCUT2D eigenvalue weighted by atomic mass is 10.1. The molecule has 1 fully saturated rings. The van der Waals surface area contributed by atoms with Gasteiger partial charge in [-0.2, -0.15) is 0 Å². The fourth-order valence-corrected chi connectivity index (χ4v) is 2.26. The molecule has 1 aliphatic heterocycles. The van der Waals surface area contributed by atoms with E-state index in [0.717, 1.165) is 29.5 Å². The molecule has 0 amide bonds. The van der Waals surface area contributed by atoms with Crippen LogP contribution in [0.25, 0.3) is 0 Å². The van der Waals surface area contributed by atoms with Crippen molar-refractivity contribution in [3.63, 3.8) is 0 Å². The Morgan fingerprint density at radius 2 is 2.31 bits per heavy atom. The lowest BCUT2D eigenvalue weighted by Gasteiger charge is -2.23. The van der Waals surface area contributed by atoms with Gasteiger partial charge in [0, 0.05) is 11.1 Å². The van der Waals surface area contributed by atoms with Crippen LogP contribution in [0.5, 0.6) is 5.75 Å². The number of hydrogen-bond donors (Lipinski definition) is 1. The number of rotatable bonds is 3. The second-order valence-electron chi connectivity index (χ2n) is 4.37. The van der Waals surface area contributed by atoms with Gasteiger partial charge in [0.2, 0.25) is 0 Å². The summed E-state index contributed by atoms with van der Waals surface area (Å²) in [5, 5.41) is 4.23. The Hall–Kier alpha value is -0.730. The third kappa shape index (κ3) is 3.13. The third-order valence-corrected chi connectivity index (χ3v) is 3.22. The van der Waals surface area contributed by atoms with Gasteiger partial charge in [0.05, 0.1) is 0 Å². The van der Waals surface area contributed by atoms with Crippen molar-refractivity contribution in [3.8, 4) is 5.75 Å². The minimum absolute atomic E-state index is 0.504. The number of aryl methyl sites for hydroxylation is 1. The molecule has 0 saturated carbocycles. The Bertz CT molecular complexity index is 348. The monoisotopic (exact) mass is 239 g/mol. The molecule has 1 atom stereocenters. The first-order valence-corrected chi connectivity index (χ1v) is 6.26. The van der Waals surface area contributed by atoms with E-state index in [0.29, 0.717) is 6.04 Å². The Morgan fingerprint density at radius 1 is 1.44 bits per heavy atom. The molecule has 1 N–H and O–H groups in total. The molecular formula is C13H18ClNO. The molecule has 0 spiro atoms. The quantitative estimate of drug-likeness (QED) is 0.875. The number of benzene rings is 1. The van der Waals surface area contributed by atoms with E-state index in [-0.39, 0.29) is 0 Å².